The summed E-state index contributed by atoms with van der Waals surface area (Å²) in [5, 5.41) is 9.41. The van der Waals surface area contributed by atoms with Gasteiger partial charge in [0.1, 0.15) is 17.2 Å². The number of carbonyl (C=O) groups excluding carboxylic acids is 1. The fourth-order valence-electron chi connectivity index (χ4n) is 2.88. The van der Waals surface area contributed by atoms with Crippen molar-refractivity contribution in [2.75, 3.05) is 13.1 Å². The van der Waals surface area contributed by atoms with Crippen molar-refractivity contribution < 1.29 is 9.18 Å². The number of fused-ring (bicyclic) bond motifs is 1. The number of hydrogen-bond donors (Lipinski definition) is 2. The minimum atomic E-state index is -0.444. The van der Waals surface area contributed by atoms with E-state index in [1.807, 2.05) is 6.92 Å². The summed E-state index contributed by atoms with van der Waals surface area (Å²) >= 11 is 0. The van der Waals surface area contributed by atoms with Crippen LogP contribution in [0.4, 0.5) is 4.39 Å². The van der Waals surface area contributed by atoms with Gasteiger partial charge in [-0.3, -0.25) is 4.79 Å². The van der Waals surface area contributed by atoms with E-state index in [1.54, 1.807) is 29.4 Å². The third-order valence-electron chi connectivity index (χ3n) is 4.02. The molecule has 0 aliphatic heterocycles. The number of amides is 1. The van der Waals surface area contributed by atoms with Crippen LogP contribution >= 0.6 is 0 Å². The number of rotatable bonds is 6. The molecule has 0 spiro atoms. The lowest BCUT2D eigenvalue weighted by Crippen LogP contribution is -2.32. The lowest BCUT2D eigenvalue weighted by molar-refractivity contribution is 0.0754. The summed E-state index contributed by atoms with van der Waals surface area (Å²) in [6.45, 7) is 2.92. The predicted molar refractivity (Wildman–Crippen MR) is 92.3 cm³/mol. The lowest BCUT2D eigenvalue weighted by atomic mass is 10.1. The number of H-pyrrole nitrogens is 2. The van der Waals surface area contributed by atoms with E-state index >= 15 is 0 Å². The molecular formula is C18H18FN5O. The van der Waals surface area contributed by atoms with Gasteiger partial charge >= 0.3 is 0 Å². The maximum absolute atomic E-state index is 14.3. The Morgan fingerprint density at radius 1 is 1.40 bits per heavy atom. The topological polar surface area (TPSA) is 88.6 Å². The van der Waals surface area contributed by atoms with Gasteiger partial charge in [0.05, 0.1) is 18.7 Å². The third kappa shape index (κ3) is 3.24. The SMILES string of the molecule is CCCN(CCC#N)C(=O)c1cc(-c2c(F)cnc3[nH]ccc23)c[nH]1. The van der Waals surface area contributed by atoms with E-state index in [4.69, 9.17) is 5.26 Å². The van der Waals surface area contributed by atoms with Gasteiger partial charge in [0.2, 0.25) is 0 Å². The van der Waals surface area contributed by atoms with E-state index in [0.717, 1.165) is 6.42 Å². The first-order chi connectivity index (χ1) is 12.2. The maximum atomic E-state index is 14.3. The van der Waals surface area contributed by atoms with E-state index in [0.29, 0.717) is 40.9 Å². The molecule has 0 fully saturated rings. The smallest absolute Gasteiger partial charge is 0.270 e. The Hall–Kier alpha value is -3.14. The summed E-state index contributed by atoms with van der Waals surface area (Å²) in [4.78, 5) is 24.2. The Bertz CT molecular complexity index is 936. The standard InChI is InChI=1S/C18H18FN5O/c1-2-7-24(8-3-5-20)18(25)15-9-12(10-22-15)16-13-4-6-21-17(13)23-11-14(16)19/h4,6,9-11,22H,2-3,7-8H2,1H3,(H,21,23). The first-order valence-corrected chi connectivity index (χ1v) is 8.12. The number of halogens is 1. The number of aromatic nitrogens is 3. The Labute approximate surface area is 144 Å². The van der Waals surface area contributed by atoms with Crippen LogP contribution in [0.15, 0.2) is 30.7 Å². The molecule has 0 atom stereocenters. The molecule has 3 aromatic heterocycles. The zero-order valence-electron chi connectivity index (χ0n) is 13.8. The van der Waals surface area contributed by atoms with E-state index in [2.05, 4.69) is 21.0 Å². The van der Waals surface area contributed by atoms with Crippen LogP contribution in [0.5, 0.6) is 0 Å². The van der Waals surface area contributed by atoms with Crippen molar-refractivity contribution in [1.29, 1.82) is 5.26 Å². The van der Waals surface area contributed by atoms with E-state index in [9.17, 15) is 9.18 Å². The van der Waals surface area contributed by atoms with Crippen molar-refractivity contribution in [3.8, 4) is 17.2 Å². The van der Waals surface area contributed by atoms with E-state index < -0.39 is 5.82 Å². The van der Waals surface area contributed by atoms with Gasteiger partial charge in [0, 0.05) is 42.0 Å². The number of carbonyl (C=O) groups is 1. The first-order valence-electron chi connectivity index (χ1n) is 8.12. The minimum Gasteiger partial charge on any atom is -0.357 e. The van der Waals surface area contributed by atoms with Crippen molar-refractivity contribution in [3.05, 3.63) is 42.2 Å². The van der Waals surface area contributed by atoms with Gasteiger partial charge in [-0.15, -0.1) is 0 Å². The molecule has 3 aromatic rings. The van der Waals surface area contributed by atoms with Crippen LogP contribution in [0.3, 0.4) is 0 Å². The molecule has 0 aliphatic carbocycles. The summed E-state index contributed by atoms with van der Waals surface area (Å²) < 4.78 is 14.3. The highest BCUT2D eigenvalue weighted by Crippen LogP contribution is 2.30. The Balaban J connectivity index is 1.94. The largest absolute Gasteiger partial charge is 0.357 e. The Kier molecular flexibility index (Phi) is 4.80. The second-order valence-corrected chi connectivity index (χ2v) is 5.72. The highest BCUT2D eigenvalue weighted by molar-refractivity contribution is 5.97. The average molecular weight is 339 g/mol. The number of nitrogens with zero attached hydrogens (tertiary/aromatic N) is 3. The van der Waals surface area contributed by atoms with Crippen LogP contribution in [-0.4, -0.2) is 38.8 Å². The Morgan fingerprint density at radius 3 is 3.00 bits per heavy atom. The van der Waals surface area contributed by atoms with Crippen LogP contribution in [0, 0.1) is 17.1 Å². The molecule has 0 unspecified atom stereocenters. The minimum absolute atomic E-state index is 0.192. The fourth-order valence-corrected chi connectivity index (χ4v) is 2.88. The summed E-state index contributed by atoms with van der Waals surface area (Å²) in [5.41, 5.74) is 1.96. The van der Waals surface area contributed by atoms with Crippen LogP contribution < -0.4 is 0 Å². The van der Waals surface area contributed by atoms with Gasteiger partial charge in [-0.25, -0.2) is 9.37 Å². The van der Waals surface area contributed by atoms with Crippen molar-refractivity contribution in [2.24, 2.45) is 0 Å². The molecule has 25 heavy (non-hydrogen) atoms. The van der Waals surface area contributed by atoms with Gasteiger partial charge in [-0.2, -0.15) is 5.26 Å². The second kappa shape index (κ2) is 7.18. The van der Waals surface area contributed by atoms with Crippen molar-refractivity contribution >= 4 is 16.9 Å². The Morgan fingerprint density at radius 2 is 2.24 bits per heavy atom. The van der Waals surface area contributed by atoms with Crippen LogP contribution in [0.1, 0.15) is 30.3 Å². The predicted octanol–water partition coefficient (Wildman–Crippen LogP) is 3.46. The molecule has 128 valence electrons. The third-order valence-corrected chi connectivity index (χ3v) is 4.02. The molecule has 7 heteroatoms. The van der Waals surface area contributed by atoms with Crippen molar-refractivity contribution in [1.82, 2.24) is 19.9 Å². The fraction of sp³-hybridized carbons (Fsp3) is 0.278. The molecular weight excluding hydrogens is 321 g/mol. The van der Waals surface area contributed by atoms with Gasteiger partial charge in [-0.05, 0) is 18.6 Å². The van der Waals surface area contributed by atoms with Crippen LogP contribution in [-0.2, 0) is 0 Å². The molecule has 2 N–H and O–H groups in total. The molecule has 0 radical (unpaired) electrons. The highest BCUT2D eigenvalue weighted by Gasteiger charge is 2.19. The molecule has 0 saturated heterocycles. The highest BCUT2D eigenvalue weighted by atomic mass is 19.1. The van der Waals surface area contributed by atoms with Gasteiger partial charge in [-0.1, -0.05) is 6.92 Å². The second-order valence-electron chi connectivity index (χ2n) is 5.72. The molecule has 1 amide bonds. The summed E-state index contributed by atoms with van der Waals surface area (Å²) in [7, 11) is 0. The van der Waals surface area contributed by atoms with Gasteiger partial charge in [0.15, 0.2) is 0 Å². The zero-order valence-corrected chi connectivity index (χ0v) is 13.8. The summed E-state index contributed by atoms with van der Waals surface area (Å²) in [6.07, 6.45) is 5.56. The average Bonchev–Trinajstić information content (AvgIpc) is 3.27. The number of nitrogens with one attached hydrogen (secondary N) is 2. The molecule has 0 aromatic carbocycles. The summed E-state index contributed by atoms with van der Waals surface area (Å²) in [6, 6.07) is 5.45. The normalized spacial score (nSPS) is 10.8. The number of nitriles is 1. The molecule has 0 aliphatic rings. The van der Waals surface area contributed by atoms with E-state index in [-0.39, 0.29) is 12.3 Å². The van der Waals surface area contributed by atoms with Gasteiger partial charge < -0.3 is 14.9 Å². The monoisotopic (exact) mass is 339 g/mol. The molecule has 0 saturated carbocycles. The molecule has 6 nitrogen and oxygen atoms in total. The molecule has 3 heterocycles. The molecule has 0 bridgehead atoms. The quantitative estimate of drug-likeness (QED) is 0.721. The van der Waals surface area contributed by atoms with Crippen LogP contribution in [0.2, 0.25) is 0 Å². The lowest BCUT2D eigenvalue weighted by Gasteiger charge is -2.19. The van der Waals surface area contributed by atoms with E-state index in [1.165, 1.54) is 6.20 Å². The first kappa shape index (κ1) is 16.7. The van der Waals surface area contributed by atoms with Crippen LogP contribution in [0.25, 0.3) is 22.2 Å². The zero-order chi connectivity index (χ0) is 17.8. The maximum Gasteiger partial charge on any atom is 0.270 e. The molecule has 3 rings (SSSR count). The van der Waals surface area contributed by atoms with Crippen molar-refractivity contribution in [3.63, 3.8) is 0 Å². The number of hydrogen-bond acceptors (Lipinski definition) is 3. The van der Waals surface area contributed by atoms with Crippen molar-refractivity contribution in [2.45, 2.75) is 19.8 Å². The number of pyridine rings is 1. The summed E-state index contributed by atoms with van der Waals surface area (Å²) in [5.74, 6) is -0.636. The number of aromatic amines is 2. The van der Waals surface area contributed by atoms with Gasteiger partial charge in [0.25, 0.3) is 5.91 Å².